The lowest BCUT2D eigenvalue weighted by Gasteiger charge is -2.08. The summed E-state index contributed by atoms with van der Waals surface area (Å²) in [5.41, 5.74) is 2.33. The minimum absolute atomic E-state index is 0.310. The van der Waals surface area contributed by atoms with Crippen molar-refractivity contribution in [3.8, 4) is 34.4 Å². The highest BCUT2D eigenvalue weighted by Gasteiger charge is 2.13. The molecule has 0 unspecified atom stereocenters. The zero-order valence-corrected chi connectivity index (χ0v) is 11.4. The van der Waals surface area contributed by atoms with Crippen molar-refractivity contribution in [2.24, 2.45) is 0 Å². The van der Waals surface area contributed by atoms with Gasteiger partial charge in [-0.1, -0.05) is 0 Å². The normalized spacial score (nSPS) is 10.4. The average Bonchev–Trinajstić information content (AvgIpc) is 3.08. The quantitative estimate of drug-likeness (QED) is 0.771. The van der Waals surface area contributed by atoms with Crippen LogP contribution >= 0.6 is 0 Å². The van der Waals surface area contributed by atoms with Gasteiger partial charge in [-0.3, -0.25) is 0 Å². The highest BCUT2D eigenvalue weighted by atomic mass is 16.5. The summed E-state index contributed by atoms with van der Waals surface area (Å²) in [5, 5.41) is 13.9. The van der Waals surface area contributed by atoms with Crippen LogP contribution in [-0.4, -0.2) is 44.8 Å². The summed E-state index contributed by atoms with van der Waals surface area (Å²) < 4.78 is 10.4. The number of hydrogen-bond acceptors (Lipinski definition) is 7. The van der Waals surface area contributed by atoms with Gasteiger partial charge in [0.1, 0.15) is 5.75 Å². The molecule has 0 bridgehead atoms. The number of benzene rings is 1. The number of nitrogens with one attached hydrogen (secondary N) is 1. The first-order chi connectivity index (χ1) is 10.3. The molecule has 3 rings (SSSR count). The third kappa shape index (κ3) is 2.50. The summed E-state index contributed by atoms with van der Waals surface area (Å²) >= 11 is 0. The lowest BCUT2D eigenvalue weighted by Crippen LogP contribution is -1.94. The molecule has 106 valence electrons. The number of hydrogen-bond donors (Lipinski definition) is 1. The second-order valence-corrected chi connectivity index (χ2v) is 4.08. The third-order valence-electron chi connectivity index (χ3n) is 2.90. The molecule has 0 fully saturated rings. The summed E-state index contributed by atoms with van der Waals surface area (Å²) in [7, 11) is 3.12. The van der Waals surface area contributed by atoms with E-state index in [0.29, 0.717) is 17.6 Å². The summed E-state index contributed by atoms with van der Waals surface area (Å²) in [6, 6.07) is 7.71. The molecule has 1 aromatic carbocycles. The molecule has 0 spiro atoms. The van der Waals surface area contributed by atoms with Crippen molar-refractivity contribution in [1.82, 2.24) is 30.6 Å². The topological polar surface area (TPSA) is 98.7 Å². The van der Waals surface area contributed by atoms with Gasteiger partial charge in [-0.2, -0.15) is 10.2 Å². The molecule has 0 saturated heterocycles. The maximum atomic E-state index is 5.33. The lowest BCUT2D eigenvalue weighted by atomic mass is 10.1. The summed E-state index contributed by atoms with van der Waals surface area (Å²) in [5.74, 6) is 1.11. The SMILES string of the molecule is COc1nccc(-c2ccc(OC)c(-c3nn[nH]n3)c2)n1. The molecule has 8 nitrogen and oxygen atoms in total. The standard InChI is InChI=1S/C13H12N6O2/c1-20-11-4-3-8(7-9(11)12-16-18-19-17-12)10-5-6-14-13(15-10)21-2/h3-7H,1-2H3,(H,16,17,18,19). The third-order valence-corrected chi connectivity index (χ3v) is 2.90. The van der Waals surface area contributed by atoms with Gasteiger partial charge in [-0.25, -0.2) is 4.98 Å². The molecule has 0 aliphatic rings. The molecule has 1 N–H and O–H groups in total. The molecule has 0 radical (unpaired) electrons. The van der Waals surface area contributed by atoms with Gasteiger partial charge in [0.05, 0.1) is 25.5 Å². The van der Waals surface area contributed by atoms with Crippen LogP contribution in [0.3, 0.4) is 0 Å². The van der Waals surface area contributed by atoms with E-state index in [1.54, 1.807) is 19.4 Å². The molecular weight excluding hydrogens is 272 g/mol. The number of rotatable bonds is 4. The Bertz CT molecular complexity index is 744. The number of H-pyrrole nitrogens is 1. The van der Waals surface area contributed by atoms with Crippen molar-refractivity contribution < 1.29 is 9.47 Å². The van der Waals surface area contributed by atoms with Gasteiger partial charge in [0.15, 0.2) is 0 Å². The van der Waals surface area contributed by atoms with E-state index in [9.17, 15) is 0 Å². The fraction of sp³-hybridized carbons (Fsp3) is 0.154. The van der Waals surface area contributed by atoms with Crippen LogP contribution in [0.15, 0.2) is 30.5 Å². The maximum Gasteiger partial charge on any atom is 0.316 e. The number of aromatic nitrogens is 6. The lowest BCUT2D eigenvalue weighted by molar-refractivity contribution is 0.380. The van der Waals surface area contributed by atoms with E-state index in [-0.39, 0.29) is 0 Å². The molecule has 8 heteroatoms. The Morgan fingerprint density at radius 1 is 1.10 bits per heavy atom. The van der Waals surface area contributed by atoms with Crippen LogP contribution in [0.2, 0.25) is 0 Å². The van der Waals surface area contributed by atoms with Crippen LogP contribution in [0.25, 0.3) is 22.6 Å². The number of methoxy groups -OCH3 is 2. The smallest absolute Gasteiger partial charge is 0.316 e. The monoisotopic (exact) mass is 284 g/mol. The number of aromatic amines is 1. The molecule has 2 aromatic heterocycles. The van der Waals surface area contributed by atoms with Crippen LogP contribution in [0.1, 0.15) is 0 Å². The number of tetrazole rings is 1. The van der Waals surface area contributed by atoms with Gasteiger partial charge < -0.3 is 9.47 Å². The van der Waals surface area contributed by atoms with Crippen molar-refractivity contribution in [1.29, 1.82) is 0 Å². The van der Waals surface area contributed by atoms with Crippen LogP contribution in [0.5, 0.6) is 11.8 Å². The minimum atomic E-state index is 0.310. The molecule has 0 amide bonds. The first-order valence-electron chi connectivity index (χ1n) is 6.11. The van der Waals surface area contributed by atoms with Crippen molar-refractivity contribution in [2.45, 2.75) is 0 Å². The van der Waals surface area contributed by atoms with Crippen LogP contribution in [-0.2, 0) is 0 Å². The van der Waals surface area contributed by atoms with Crippen molar-refractivity contribution in [2.75, 3.05) is 14.2 Å². The van der Waals surface area contributed by atoms with Crippen molar-refractivity contribution >= 4 is 0 Å². The molecule has 3 aromatic rings. The summed E-state index contributed by atoms with van der Waals surface area (Å²) in [6.45, 7) is 0. The Labute approximate surface area is 120 Å². The van der Waals surface area contributed by atoms with Gasteiger partial charge in [0.2, 0.25) is 5.82 Å². The van der Waals surface area contributed by atoms with Crippen molar-refractivity contribution in [3.05, 3.63) is 30.5 Å². The van der Waals surface area contributed by atoms with Crippen LogP contribution in [0.4, 0.5) is 0 Å². The second kappa shape index (κ2) is 5.53. The average molecular weight is 284 g/mol. The predicted octanol–water partition coefficient (Wildman–Crippen LogP) is 1.34. The largest absolute Gasteiger partial charge is 0.496 e. The van der Waals surface area contributed by atoms with Gasteiger partial charge >= 0.3 is 6.01 Å². The van der Waals surface area contributed by atoms with E-state index in [1.807, 2.05) is 18.2 Å². The fourth-order valence-electron chi connectivity index (χ4n) is 1.92. The number of nitrogens with zero attached hydrogens (tertiary/aromatic N) is 5. The second-order valence-electron chi connectivity index (χ2n) is 4.08. The van der Waals surface area contributed by atoms with Gasteiger partial charge in [-0.05, 0) is 29.5 Å². The molecule has 21 heavy (non-hydrogen) atoms. The van der Waals surface area contributed by atoms with Gasteiger partial charge in [-0.15, -0.1) is 10.2 Å². The van der Waals surface area contributed by atoms with Crippen LogP contribution < -0.4 is 9.47 Å². The first kappa shape index (κ1) is 13.0. The van der Waals surface area contributed by atoms with E-state index in [2.05, 4.69) is 30.6 Å². The minimum Gasteiger partial charge on any atom is -0.496 e. The molecule has 2 heterocycles. The van der Waals surface area contributed by atoms with E-state index in [0.717, 1.165) is 16.8 Å². The van der Waals surface area contributed by atoms with Gasteiger partial charge in [0, 0.05) is 11.8 Å². The zero-order chi connectivity index (χ0) is 14.7. The molecule has 0 aliphatic carbocycles. The Morgan fingerprint density at radius 3 is 2.71 bits per heavy atom. The first-order valence-corrected chi connectivity index (χ1v) is 6.11. The highest BCUT2D eigenvalue weighted by molar-refractivity contribution is 5.72. The summed E-state index contributed by atoms with van der Waals surface area (Å²) in [6.07, 6.45) is 1.64. The molecule has 0 aliphatic heterocycles. The molecule has 0 atom stereocenters. The predicted molar refractivity (Wildman–Crippen MR) is 73.7 cm³/mol. The van der Waals surface area contributed by atoms with E-state index >= 15 is 0 Å². The van der Waals surface area contributed by atoms with E-state index in [1.165, 1.54) is 7.11 Å². The zero-order valence-electron chi connectivity index (χ0n) is 11.4. The Kier molecular flexibility index (Phi) is 3.42. The molecule has 0 saturated carbocycles. The van der Waals surface area contributed by atoms with E-state index < -0.39 is 0 Å². The van der Waals surface area contributed by atoms with Crippen LogP contribution in [0, 0.1) is 0 Å². The Balaban J connectivity index is 2.10. The van der Waals surface area contributed by atoms with E-state index in [4.69, 9.17) is 9.47 Å². The number of ether oxygens (including phenoxy) is 2. The summed E-state index contributed by atoms with van der Waals surface area (Å²) in [4.78, 5) is 8.29. The fourth-order valence-corrected chi connectivity index (χ4v) is 1.92. The molecular formula is C13H12N6O2. The maximum absolute atomic E-state index is 5.33. The Hall–Kier alpha value is -3.03. The van der Waals surface area contributed by atoms with Gasteiger partial charge in [0.25, 0.3) is 0 Å². The Morgan fingerprint density at radius 2 is 2.00 bits per heavy atom. The highest BCUT2D eigenvalue weighted by Crippen LogP contribution is 2.31. The van der Waals surface area contributed by atoms with Crippen molar-refractivity contribution in [3.63, 3.8) is 0 Å².